The van der Waals surface area contributed by atoms with Gasteiger partial charge in [-0.25, -0.2) is 4.39 Å². The summed E-state index contributed by atoms with van der Waals surface area (Å²) < 4.78 is 14.4. The van der Waals surface area contributed by atoms with E-state index < -0.39 is 5.82 Å². The fourth-order valence-electron chi connectivity index (χ4n) is 2.08. The molecule has 0 unspecified atom stereocenters. The van der Waals surface area contributed by atoms with Crippen LogP contribution < -0.4 is 0 Å². The first-order valence-corrected chi connectivity index (χ1v) is 7.00. The molecule has 0 bridgehead atoms. The number of carbonyl (C=O) groups excluding carboxylic acids is 1. The summed E-state index contributed by atoms with van der Waals surface area (Å²) in [6, 6.07) is 9.64. The molecule has 0 amide bonds. The molecule has 1 N–H and O–H groups in total. The lowest BCUT2D eigenvalue weighted by Crippen LogP contribution is -2.01. The van der Waals surface area contributed by atoms with Crippen LogP contribution >= 0.6 is 27.5 Å². The highest BCUT2D eigenvalue weighted by molar-refractivity contribution is 9.10. The van der Waals surface area contributed by atoms with Gasteiger partial charge < -0.3 is 4.98 Å². The van der Waals surface area contributed by atoms with Crippen molar-refractivity contribution in [3.63, 3.8) is 0 Å². The summed E-state index contributed by atoms with van der Waals surface area (Å²) in [5.74, 6) is -0.839. The first-order valence-electron chi connectivity index (χ1n) is 5.82. The lowest BCUT2D eigenvalue weighted by Gasteiger charge is -2.01. The van der Waals surface area contributed by atoms with Gasteiger partial charge in [0.2, 0.25) is 0 Å². The van der Waals surface area contributed by atoms with Gasteiger partial charge in [0.25, 0.3) is 0 Å². The molecule has 0 aliphatic rings. The molecule has 2 aromatic carbocycles. The number of ketones is 1. The molecule has 20 heavy (non-hydrogen) atoms. The zero-order valence-corrected chi connectivity index (χ0v) is 12.4. The SMILES string of the molecule is O=C(c1ccc(Cl)c(F)c1)c1c[nH]c2cc(Br)ccc12. The van der Waals surface area contributed by atoms with Crippen molar-refractivity contribution in [2.24, 2.45) is 0 Å². The van der Waals surface area contributed by atoms with Crippen molar-refractivity contribution in [3.05, 3.63) is 69.0 Å². The molecule has 5 heteroatoms. The van der Waals surface area contributed by atoms with E-state index in [2.05, 4.69) is 20.9 Å². The summed E-state index contributed by atoms with van der Waals surface area (Å²) in [6.07, 6.45) is 1.63. The molecule has 0 aliphatic heterocycles. The number of halogens is 3. The van der Waals surface area contributed by atoms with E-state index in [-0.39, 0.29) is 16.4 Å². The lowest BCUT2D eigenvalue weighted by atomic mass is 10.0. The molecule has 0 saturated heterocycles. The number of aromatic amines is 1. The van der Waals surface area contributed by atoms with Crippen molar-refractivity contribution in [2.75, 3.05) is 0 Å². The van der Waals surface area contributed by atoms with Gasteiger partial charge in [0, 0.05) is 32.7 Å². The normalized spacial score (nSPS) is 10.9. The Bertz CT molecular complexity index is 828. The van der Waals surface area contributed by atoms with Crippen LogP contribution in [0.1, 0.15) is 15.9 Å². The number of rotatable bonds is 2. The Labute approximate surface area is 127 Å². The predicted octanol–water partition coefficient (Wildman–Crippen LogP) is 4.95. The molecular formula is C15H8BrClFNO. The van der Waals surface area contributed by atoms with Crippen LogP contribution in [-0.2, 0) is 0 Å². The second kappa shape index (κ2) is 5.04. The number of hydrogen-bond acceptors (Lipinski definition) is 1. The van der Waals surface area contributed by atoms with Gasteiger partial charge in [-0.15, -0.1) is 0 Å². The van der Waals surface area contributed by atoms with Crippen molar-refractivity contribution >= 4 is 44.2 Å². The fraction of sp³-hybridized carbons (Fsp3) is 0. The average Bonchev–Trinajstić information content (AvgIpc) is 2.84. The highest BCUT2D eigenvalue weighted by Crippen LogP contribution is 2.25. The molecule has 3 rings (SSSR count). The highest BCUT2D eigenvalue weighted by Gasteiger charge is 2.15. The molecule has 100 valence electrons. The summed E-state index contributed by atoms with van der Waals surface area (Å²) in [6.45, 7) is 0. The van der Waals surface area contributed by atoms with Crippen molar-refractivity contribution in [3.8, 4) is 0 Å². The minimum Gasteiger partial charge on any atom is -0.360 e. The van der Waals surface area contributed by atoms with Crippen LogP contribution in [0.4, 0.5) is 4.39 Å². The molecule has 1 heterocycles. The van der Waals surface area contributed by atoms with Gasteiger partial charge in [-0.3, -0.25) is 4.79 Å². The molecule has 0 aliphatic carbocycles. The number of aromatic nitrogens is 1. The summed E-state index contributed by atoms with van der Waals surface area (Å²) in [4.78, 5) is 15.5. The third-order valence-corrected chi connectivity index (χ3v) is 3.87. The van der Waals surface area contributed by atoms with Crippen LogP contribution in [0, 0.1) is 5.82 Å². The van der Waals surface area contributed by atoms with Gasteiger partial charge in [0.05, 0.1) is 5.02 Å². The Hall–Kier alpha value is -1.65. The Morgan fingerprint density at radius 2 is 2.00 bits per heavy atom. The first-order chi connectivity index (χ1) is 9.56. The number of hydrogen-bond donors (Lipinski definition) is 1. The van der Waals surface area contributed by atoms with Crippen LogP contribution in [0.3, 0.4) is 0 Å². The zero-order valence-electron chi connectivity index (χ0n) is 10.1. The monoisotopic (exact) mass is 351 g/mol. The molecule has 0 radical (unpaired) electrons. The smallest absolute Gasteiger partial charge is 0.195 e. The Morgan fingerprint density at radius 1 is 1.20 bits per heavy atom. The Morgan fingerprint density at radius 3 is 2.75 bits per heavy atom. The standard InChI is InChI=1S/C15H8BrClFNO/c16-9-2-3-10-11(7-19-14(10)6-9)15(20)8-1-4-12(17)13(18)5-8/h1-7,19H. The maximum Gasteiger partial charge on any atom is 0.195 e. The van der Waals surface area contributed by atoms with Crippen molar-refractivity contribution < 1.29 is 9.18 Å². The van der Waals surface area contributed by atoms with Crippen molar-refractivity contribution in [1.82, 2.24) is 4.98 Å². The number of carbonyl (C=O) groups is 1. The van der Waals surface area contributed by atoms with E-state index in [0.29, 0.717) is 5.56 Å². The van der Waals surface area contributed by atoms with Crippen LogP contribution in [0.25, 0.3) is 10.9 Å². The van der Waals surface area contributed by atoms with E-state index in [4.69, 9.17) is 11.6 Å². The van der Waals surface area contributed by atoms with E-state index in [0.717, 1.165) is 21.4 Å². The maximum absolute atomic E-state index is 13.4. The van der Waals surface area contributed by atoms with Crippen molar-refractivity contribution in [2.45, 2.75) is 0 Å². The van der Waals surface area contributed by atoms with E-state index in [1.807, 2.05) is 18.2 Å². The minimum atomic E-state index is -0.597. The second-order valence-electron chi connectivity index (χ2n) is 4.35. The maximum atomic E-state index is 13.4. The number of fused-ring (bicyclic) bond motifs is 1. The summed E-state index contributed by atoms with van der Waals surface area (Å²) >= 11 is 9.00. The molecule has 1 aromatic heterocycles. The van der Waals surface area contributed by atoms with Crippen LogP contribution in [0.2, 0.25) is 5.02 Å². The first kappa shape index (κ1) is 13.3. The van der Waals surface area contributed by atoms with Gasteiger partial charge >= 0.3 is 0 Å². The highest BCUT2D eigenvalue weighted by atomic mass is 79.9. The van der Waals surface area contributed by atoms with E-state index in [1.54, 1.807) is 6.20 Å². The summed E-state index contributed by atoms with van der Waals surface area (Å²) in [5.41, 5.74) is 1.63. The molecule has 0 spiro atoms. The Balaban J connectivity index is 2.10. The second-order valence-corrected chi connectivity index (χ2v) is 5.67. The molecule has 3 aromatic rings. The van der Waals surface area contributed by atoms with Crippen LogP contribution in [0.5, 0.6) is 0 Å². The minimum absolute atomic E-state index is 0.00408. The van der Waals surface area contributed by atoms with Crippen molar-refractivity contribution in [1.29, 1.82) is 0 Å². The van der Waals surface area contributed by atoms with E-state index >= 15 is 0 Å². The quantitative estimate of drug-likeness (QED) is 0.650. The van der Waals surface area contributed by atoms with E-state index in [1.165, 1.54) is 12.1 Å². The molecule has 0 fully saturated rings. The molecular weight excluding hydrogens is 345 g/mol. The largest absolute Gasteiger partial charge is 0.360 e. The lowest BCUT2D eigenvalue weighted by molar-refractivity contribution is 0.104. The van der Waals surface area contributed by atoms with Crippen LogP contribution in [0.15, 0.2) is 47.1 Å². The van der Waals surface area contributed by atoms with Gasteiger partial charge in [-0.1, -0.05) is 33.6 Å². The predicted molar refractivity (Wildman–Crippen MR) is 80.8 cm³/mol. The fourth-order valence-corrected chi connectivity index (χ4v) is 2.56. The van der Waals surface area contributed by atoms with Gasteiger partial charge in [0.1, 0.15) is 5.82 Å². The third-order valence-electron chi connectivity index (χ3n) is 3.07. The third kappa shape index (κ3) is 2.25. The zero-order chi connectivity index (χ0) is 14.3. The number of nitrogens with one attached hydrogen (secondary N) is 1. The summed E-state index contributed by atoms with van der Waals surface area (Å²) in [7, 11) is 0. The molecule has 2 nitrogen and oxygen atoms in total. The summed E-state index contributed by atoms with van der Waals surface area (Å²) in [5, 5.41) is 0.804. The van der Waals surface area contributed by atoms with Crippen LogP contribution in [-0.4, -0.2) is 10.8 Å². The number of benzene rings is 2. The van der Waals surface area contributed by atoms with Gasteiger partial charge in [-0.05, 0) is 30.3 Å². The number of H-pyrrole nitrogens is 1. The molecule has 0 saturated carbocycles. The molecule has 0 atom stereocenters. The van der Waals surface area contributed by atoms with E-state index in [9.17, 15) is 9.18 Å². The topological polar surface area (TPSA) is 32.9 Å². The van der Waals surface area contributed by atoms with Gasteiger partial charge in [0.15, 0.2) is 5.78 Å². The Kier molecular flexibility index (Phi) is 3.36. The van der Waals surface area contributed by atoms with Gasteiger partial charge in [-0.2, -0.15) is 0 Å². The average molecular weight is 353 g/mol.